The highest BCUT2D eigenvalue weighted by molar-refractivity contribution is 5.98. The molecule has 3 heterocycles. The number of hydrogen-bond donors (Lipinski definition) is 1. The Balaban J connectivity index is 1.19. The van der Waals surface area contributed by atoms with Gasteiger partial charge in [-0.2, -0.15) is 0 Å². The Labute approximate surface area is 216 Å². The number of ketones is 1. The molecule has 12 heteroatoms. The fraction of sp³-hybridized carbons (Fsp3) is 0.423. The van der Waals surface area contributed by atoms with Crippen LogP contribution in [0.3, 0.4) is 0 Å². The quantitative estimate of drug-likeness (QED) is 0.498. The molecule has 2 aliphatic rings. The van der Waals surface area contributed by atoms with Gasteiger partial charge in [0, 0.05) is 37.5 Å². The zero-order valence-corrected chi connectivity index (χ0v) is 20.4. The predicted octanol–water partition coefficient (Wildman–Crippen LogP) is 2.50. The monoisotopic (exact) mass is 532 g/mol. The topological polar surface area (TPSA) is 109 Å². The molecule has 3 amide bonds. The number of benzene rings is 1. The third-order valence-electron chi connectivity index (χ3n) is 6.59. The van der Waals surface area contributed by atoms with Crippen LogP contribution >= 0.6 is 0 Å². The molecule has 1 aromatic carbocycles. The van der Waals surface area contributed by atoms with Gasteiger partial charge in [-0.1, -0.05) is 6.07 Å². The van der Waals surface area contributed by atoms with Crippen molar-refractivity contribution in [2.24, 2.45) is 0 Å². The Morgan fingerprint density at radius 1 is 1.05 bits per heavy atom. The average molecular weight is 533 g/mol. The molecule has 0 spiro atoms. The number of nitrogens with one attached hydrogen (secondary N) is 1. The lowest BCUT2D eigenvalue weighted by Crippen LogP contribution is -2.43. The number of ether oxygens (including phenoxy) is 1. The van der Waals surface area contributed by atoms with Crippen LogP contribution < -0.4 is 10.1 Å². The van der Waals surface area contributed by atoms with Crippen LogP contribution in [0.15, 0.2) is 48.8 Å². The van der Waals surface area contributed by atoms with Gasteiger partial charge >= 0.3 is 6.36 Å². The second-order valence-electron chi connectivity index (χ2n) is 9.20. The number of aromatic nitrogens is 1. The smallest absolute Gasteiger partial charge is 0.406 e. The summed E-state index contributed by atoms with van der Waals surface area (Å²) in [5, 5.41) is 2.66. The van der Waals surface area contributed by atoms with Gasteiger partial charge in [-0.3, -0.25) is 24.2 Å². The van der Waals surface area contributed by atoms with Gasteiger partial charge in [0.15, 0.2) is 5.78 Å². The zero-order valence-electron chi connectivity index (χ0n) is 20.4. The number of likely N-dealkylation sites (tertiary alicyclic amines) is 2. The van der Waals surface area contributed by atoms with Gasteiger partial charge in [-0.25, -0.2) is 0 Å². The summed E-state index contributed by atoms with van der Waals surface area (Å²) >= 11 is 0. The number of halogens is 3. The first kappa shape index (κ1) is 27.1. The normalized spacial score (nSPS) is 18.9. The summed E-state index contributed by atoms with van der Waals surface area (Å²) in [6.45, 7) is 0.670. The molecule has 0 aliphatic carbocycles. The van der Waals surface area contributed by atoms with E-state index < -0.39 is 24.1 Å². The SMILES string of the molecule is O=C(NCCCCC(=O)N1CCC2C1C(=O)CN2C(=O)Cc1cccnc1)c1ccc(OC(F)(F)F)cc1. The van der Waals surface area contributed by atoms with E-state index in [4.69, 9.17) is 0 Å². The molecule has 1 aromatic heterocycles. The molecule has 2 aromatic rings. The first-order valence-corrected chi connectivity index (χ1v) is 12.3. The molecule has 38 heavy (non-hydrogen) atoms. The van der Waals surface area contributed by atoms with Crippen molar-refractivity contribution in [1.29, 1.82) is 0 Å². The van der Waals surface area contributed by atoms with E-state index in [0.717, 1.165) is 17.7 Å². The van der Waals surface area contributed by atoms with Gasteiger partial charge in [0.1, 0.15) is 11.8 Å². The fourth-order valence-electron chi connectivity index (χ4n) is 4.86. The largest absolute Gasteiger partial charge is 0.573 e. The number of hydrogen-bond acceptors (Lipinski definition) is 6. The van der Waals surface area contributed by atoms with E-state index in [0.29, 0.717) is 25.8 Å². The van der Waals surface area contributed by atoms with E-state index in [1.807, 2.05) is 0 Å². The van der Waals surface area contributed by atoms with Crippen LogP contribution in [0.25, 0.3) is 0 Å². The van der Waals surface area contributed by atoms with E-state index in [1.54, 1.807) is 34.3 Å². The second kappa shape index (κ2) is 11.6. The summed E-state index contributed by atoms with van der Waals surface area (Å²) in [5.74, 6) is -1.34. The standard InChI is InChI=1S/C26H27F3N4O5/c27-26(28,29)38-19-8-6-18(7-9-19)25(37)31-12-2-1-5-22(35)32-13-10-20-24(32)21(34)16-33(20)23(36)14-17-4-3-11-30-15-17/h3-4,6-9,11,15,20,24H,1-2,5,10,12-14,16H2,(H,31,37). The number of carbonyl (C=O) groups is 4. The molecule has 2 atom stereocenters. The van der Waals surface area contributed by atoms with Crippen LogP contribution in [-0.4, -0.2) is 76.4 Å². The number of pyridine rings is 1. The van der Waals surface area contributed by atoms with Crippen molar-refractivity contribution in [2.75, 3.05) is 19.6 Å². The molecule has 2 fully saturated rings. The van der Waals surface area contributed by atoms with Crippen molar-refractivity contribution < 1.29 is 37.1 Å². The van der Waals surface area contributed by atoms with Gasteiger partial charge in [0.05, 0.1) is 19.0 Å². The highest BCUT2D eigenvalue weighted by Crippen LogP contribution is 2.31. The third-order valence-corrected chi connectivity index (χ3v) is 6.59. The first-order valence-electron chi connectivity index (χ1n) is 12.3. The maximum atomic E-state index is 12.8. The lowest BCUT2D eigenvalue weighted by Gasteiger charge is -2.24. The van der Waals surface area contributed by atoms with Gasteiger partial charge < -0.3 is 19.9 Å². The minimum Gasteiger partial charge on any atom is -0.406 e. The molecule has 0 radical (unpaired) electrons. The summed E-state index contributed by atoms with van der Waals surface area (Å²) in [6.07, 6.45) is 0.291. The maximum Gasteiger partial charge on any atom is 0.573 e. The number of rotatable bonds is 9. The van der Waals surface area contributed by atoms with Gasteiger partial charge in [-0.15, -0.1) is 13.2 Å². The lowest BCUT2D eigenvalue weighted by molar-refractivity contribution is -0.274. The first-order chi connectivity index (χ1) is 18.1. The summed E-state index contributed by atoms with van der Waals surface area (Å²) < 4.78 is 40.5. The molecule has 1 N–H and O–H groups in total. The van der Waals surface area contributed by atoms with E-state index >= 15 is 0 Å². The van der Waals surface area contributed by atoms with Crippen molar-refractivity contribution in [3.63, 3.8) is 0 Å². The zero-order chi connectivity index (χ0) is 27.3. The highest BCUT2D eigenvalue weighted by atomic mass is 19.4. The Morgan fingerprint density at radius 3 is 2.50 bits per heavy atom. The number of Topliss-reactive ketones (excluding diaryl/α,β-unsaturated/α-hetero) is 1. The summed E-state index contributed by atoms with van der Waals surface area (Å²) in [5.41, 5.74) is 0.944. The Morgan fingerprint density at radius 2 is 1.82 bits per heavy atom. The number of amides is 3. The molecular formula is C26H27F3N4O5. The van der Waals surface area contributed by atoms with E-state index in [2.05, 4.69) is 15.0 Å². The van der Waals surface area contributed by atoms with Crippen molar-refractivity contribution in [1.82, 2.24) is 20.1 Å². The third kappa shape index (κ3) is 6.67. The number of nitrogens with zero attached hydrogens (tertiary/aromatic N) is 3. The summed E-state index contributed by atoms with van der Waals surface area (Å²) in [4.78, 5) is 57.7. The van der Waals surface area contributed by atoms with Gasteiger partial charge in [-0.05, 0) is 55.2 Å². The molecule has 0 bridgehead atoms. The Hall–Kier alpha value is -3.96. The molecule has 2 aliphatic heterocycles. The lowest BCUT2D eigenvalue weighted by atomic mass is 10.1. The van der Waals surface area contributed by atoms with Crippen LogP contribution in [0.1, 0.15) is 41.6 Å². The molecule has 0 saturated carbocycles. The number of carbonyl (C=O) groups excluding carboxylic acids is 4. The van der Waals surface area contributed by atoms with Crippen LogP contribution in [0.4, 0.5) is 13.2 Å². The minimum atomic E-state index is -4.81. The molecule has 9 nitrogen and oxygen atoms in total. The van der Waals surface area contributed by atoms with Crippen molar-refractivity contribution in [3.05, 3.63) is 59.9 Å². The van der Waals surface area contributed by atoms with E-state index in [-0.39, 0.29) is 55.1 Å². The van der Waals surface area contributed by atoms with E-state index in [9.17, 15) is 32.3 Å². The van der Waals surface area contributed by atoms with Crippen molar-refractivity contribution in [3.8, 4) is 5.75 Å². The Kier molecular flexibility index (Phi) is 8.28. The van der Waals surface area contributed by atoms with Gasteiger partial charge in [0.25, 0.3) is 5.91 Å². The minimum absolute atomic E-state index is 0.00640. The molecule has 4 rings (SSSR count). The second-order valence-corrected chi connectivity index (χ2v) is 9.20. The van der Waals surface area contributed by atoms with Crippen LogP contribution in [0, 0.1) is 0 Å². The van der Waals surface area contributed by atoms with Crippen LogP contribution in [0.2, 0.25) is 0 Å². The van der Waals surface area contributed by atoms with Crippen LogP contribution in [-0.2, 0) is 20.8 Å². The summed E-state index contributed by atoms with van der Waals surface area (Å²) in [6, 6.07) is 7.18. The maximum absolute atomic E-state index is 12.8. The number of fused-ring (bicyclic) bond motifs is 1. The average Bonchev–Trinajstić information content (AvgIpc) is 3.45. The van der Waals surface area contributed by atoms with E-state index in [1.165, 1.54) is 12.1 Å². The Bertz CT molecular complexity index is 1170. The highest BCUT2D eigenvalue weighted by Gasteiger charge is 2.50. The summed E-state index contributed by atoms with van der Waals surface area (Å²) in [7, 11) is 0. The fourth-order valence-corrected chi connectivity index (χ4v) is 4.86. The van der Waals surface area contributed by atoms with Crippen molar-refractivity contribution >= 4 is 23.5 Å². The number of unbranched alkanes of at least 4 members (excludes halogenated alkanes) is 1. The molecule has 2 unspecified atom stereocenters. The van der Waals surface area contributed by atoms with Gasteiger partial charge in [0.2, 0.25) is 11.8 Å². The van der Waals surface area contributed by atoms with Crippen LogP contribution in [0.5, 0.6) is 5.75 Å². The van der Waals surface area contributed by atoms with Crippen molar-refractivity contribution in [2.45, 2.75) is 50.6 Å². The predicted molar refractivity (Wildman–Crippen MR) is 128 cm³/mol. The molecule has 202 valence electrons. The molecular weight excluding hydrogens is 505 g/mol. The molecule has 2 saturated heterocycles. The number of alkyl halides is 3.